The normalized spacial score (nSPS) is 12.3. The molecule has 0 saturated carbocycles. The van der Waals surface area contributed by atoms with Crippen molar-refractivity contribution in [2.45, 2.75) is 13.0 Å². The van der Waals surface area contributed by atoms with Crippen LogP contribution in [-0.2, 0) is 11.8 Å². The van der Waals surface area contributed by atoms with Crippen molar-refractivity contribution in [1.29, 1.82) is 0 Å². The van der Waals surface area contributed by atoms with Crippen molar-refractivity contribution in [2.24, 2.45) is 12.8 Å². The van der Waals surface area contributed by atoms with Crippen LogP contribution >= 0.6 is 0 Å². The summed E-state index contributed by atoms with van der Waals surface area (Å²) in [5.74, 6) is 0.137. The summed E-state index contributed by atoms with van der Waals surface area (Å²) in [6.45, 7) is 1.63. The molecule has 3 rings (SSSR count). The second-order valence-electron chi connectivity index (χ2n) is 5.21. The highest BCUT2D eigenvalue weighted by Gasteiger charge is 2.11. The van der Waals surface area contributed by atoms with Crippen LogP contribution in [0.15, 0.2) is 48.8 Å². The van der Waals surface area contributed by atoms with Crippen LogP contribution in [0.1, 0.15) is 6.92 Å². The number of nitrogens with two attached hydrogens (primary N) is 1. The molecule has 0 aliphatic carbocycles. The topological polar surface area (TPSA) is 70.1 Å². The van der Waals surface area contributed by atoms with Gasteiger partial charge in [0.15, 0.2) is 6.10 Å². The Bertz CT molecular complexity index is 822. The van der Waals surface area contributed by atoms with E-state index >= 15 is 0 Å². The molecule has 0 fully saturated rings. The summed E-state index contributed by atoms with van der Waals surface area (Å²) >= 11 is 0. The van der Waals surface area contributed by atoms with Crippen molar-refractivity contribution < 1.29 is 9.53 Å². The van der Waals surface area contributed by atoms with E-state index < -0.39 is 12.0 Å². The Morgan fingerprint density at radius 3 is 2.64 bits per heavy atom. The van der Waals surface area contributed by atoms with E-state index in [4.69, 9.17) is 10.5 Å². The molecule has 3 aromatic rings. The number of aryl methyl sites for hydroxylation is 1. The standard InChI is InChI=1S/C17H17N3O2/c1-11(16(18)21)22-13-5-3-12(4-6-13)14-7-9-19-17-15(14)8-10-20(17)2/h3-11H,1-2H3,(H2,18,21). The molecule has 5 nitrogen and oxygen atoms in total. The van der Waals surface area contributed by atoms with Crippen molar-refractivity contribution in [3.05, 3.63) is 48.8 Å². The van der Waals surface area contributed by atoms with E-state index in [9.17, 15) is 4.79 Å². The van der Waals surface area contributed by atoms with Gasteiger partial charge in [0.1, 0.15) is 11.4 Å². The fourth-order valence-corrected chi connectivity index (χ4v) is 2.39. The number of ether oxygens (including phenoxy) is 1. The molecule has 112 valence electrons. The second-order valence-corrected chi connectivity index (χ2v) is 5.21. The average molecular weight is 295 g/mol. The van der Waals surface area contributed by atoms with Gasteiger partial charge >= 0.3 is 0 Å². The molecule has 0 aliphatic heterocycles. The highest BCUT2D eigenvalue weighted by molar-refractivity contribution is 5.93. The maximum Gasteiger partial charge on any atom is 0.258 e. The third-order valence-electron chi connectivity index (χ3n) is 3.65. The Hall–Kier alpha value is -2.82. The Balaban J connectivity index is 1.93. The molecule has 0 bridgehead atoms. The fourth-order valence-electron chi connectivity index (χ4n) is 2.39. The second kappa shape index (κ2) is 5.52. The van der Waals surface area contributed by atoms with Gasteiger partial charge in [0.25, 0.3) is 5.91 Å². The van der Waals surface area contributed by atoms with Crippen LogP contribution < -0.4 is 10.5 Å². The summed E-state index contributed by atoms with van der Waals surface area (Å²) in [6.07, 6.45) is 3.15. The number of pyridine rings is 1. The molecule has 1 atom stereocenters. The monoisotopic (exact) mass is 295 g/mol. The number of fused-ring (bicyclic) bond motifs is 1. The Morgan fingerprint density at radius 2 is 1.95 bits per heavy atom. The lowest BCUT2D eigenvalue weighted by Gasteiger charge is -2.11. The predicted octanol–water partition coefficient (Wildman–Crippen LogP) is 2.49. The van der Waals surface area contributed by atoms with Gasteiger partial charge in [0.2, 0.25) is 0 Å². The molecular formula is C17H17N3O2. The van der Waals surface area contributed by atoms with E-state index in [-0.39, 0.29) is 0 Å². The Labute approximate surface area is 128 Å². The highest BCUT2D eigenvalue weighted by atomic mass is 16.5. The van der Waals surface area contributed by atoms with E-state index in [1.165, 1.54) is 0 Å². The average Bonchev–Trinajstić information content (AvgIpc) is 2.90. The predicted molar refractivity (Wildman–Crippen MR) is 85.4 cm³/mol. The Morgan fingerprint density at radius 1 is 1.23 bits per heavy atom. The Kier molecular flexibility index (Phi) is 3.55. The zero-order chi connectivity index (χ0) is 15.7. The van der Waals surface area contributed by atoms with Gasteiger partial charge in [-0.3, -0.25) is 4.79 Å². The molecule has 1 amide bonds. The lowest BCUT2D eigenvalue weighted by Crippen LogP contribution is -2.30. The zero-order valence-corrected chi connectivity index (χ0v) is 12.5. The van der Waals surface area contributed by atoms with E-state index in [1.807, 2.05) is 48.1 Å². The third kappa shape index (κ3) is 2.53. The minimum atomic E-state index is -0.646. The molecule has 1 aromatic carbocycles. The molecule has 2 aromatic heterocycles. The number of aromatic nitrogens is 2. The molecule has 0 spiro atoms. The van der Waals surface area contributed by atoms with Crippen LogP contribution in [0.2, 0.25) is 0 Å². The third-order valence-corrected chi connectivity index (χ3v) is 3.65. The van der Waals surface area contributed by atoms with E-state index in [1.54, 1.807) is 13.1 Å². The number of amides is 1. The molecule has 5 heteroatoms. The number of nitrogens with zero attached hydrogens (tertiary/aromatic N) is 2. The summed E-state index contributed by atoms with van der Waals surface area (Å²) in [6, 6.07) is 11.6. The minimum absolute atomic E-state index is 0.482. The molecule has 0 saturated heterocycles. The number of hydrogen-bond acceptors (Lipinski definition) is 3. The summed E-state index contributed by atoms with van der Waals surface area (Å²) in [4.78, 5) is 15.4. The van der Waals surface area contributed by atoms with Crippen molar-refractivity contribution in [3.8, 4) is 16.9 Å². The van der Waals surface area contributed by atoms with Gasteiger partial charge < -0.3 is 15.0 Å². The molecule has 22 heavy (non-hydrogen) atoms. The number of benzene rings is 1. The number of carbonyl (C=O) groups is 1. The van der Waals surface area contributed by atoms with Crippen LogP contribution in [0.4, 0.5) is 0 Å². The van der Waals surface area contributed by atoms with Gasteiger partial charge in [-0.25, -0.2) is 4.98 Å². The van der Waals surface area contributed by atoms with E-state index in [0.29, 0.717) is 5.75 Å². The quantitative estimate of drug-likeness (QED) is 0.804. The van der Waals surface area contributed by atoms with Crippen LogP contribution in [-0.4, -0.2) is 21.6 Å². The fraction of sp³-hybridized carbons (Fsp3) is 0.176. The molecule has 1 unspecified atom stereocenters. The van der Waals surface area contributed by atoms with Crippen LogP contribution in [0, 0.1) is 0 Å². The van der Waals surface area contributed by atoms with Crippen LogP contribution in [0.5, 0.6) is 5.75 Å². The molecular weight excluding hydrogens is 278 g/mol. The highest BCUT2D eigenvalue weighted by Crippen LogP contribution is 2.29. The minimum Gasteiger partial charge on any atom is -0.481 e. The van der Waals surface area contributed by atoms with Crippen LogP contribution in [0.25, 0.3) is 22.2 Å². The van der Waals surface area contributed by atoms with Crippen molar-refractivity contribution >= 4 is 16.9 Å². The number of primary amides is 1. The maximum atomic E-state index is 11.0. The van der Waals surface area contributed by atoms with Crippen molar-refractivity contribution in [3.63, 3.8) is 0 Å². The first-order valence-corrected chi connectivity index (χ1v) is 7.02. The summed E-state index contributed by atoms with van der Waals surface area (Å²) in [7, 11) is 1.97. The lowest BCUT2D eigenvalue weighted by molar-refractivity contribution is -0.123. The first-order chi connectivity index (χ1) is 10.6. The van der Waals surface area contributed by atoms with E-state index in [0.717, 1.165) is 22.2 Å². The van der Waals surface area contributed by atoms with Crippen molar-refractivity contribution in [1.82, 2.24) is 9.55 Å². The number of rotatable bonds is 4. The van der Waals surface area contributed by atoms with Crippen molar-refractivity contribution in [2.75, 3.05) is 0 Å². The van der Waals surface area contributed by atoms with Gasteiger partial charge in [0, 0.05) is 24.8 Å². The lowest BCUT2D eigenvalue weighted by atomic mass is 10.0. The molecule has 0 aliphatic rings. The van der Waals surface area contributed by atoms with Gasteiger partial charge in [-0.15, -0.1) is 0 Å². The largest absolute Gasteiger partial charge is 0.481 e. The zero-order valence-electron chi connectivity index (χ0n) is 12.5. The summed E-state index contributed by atoms with van der Waals surface area (Å²) in [5, 5.41) is 1.10. The number of carbonyl (C=O) groups excluding carboxylic acids is 1. The first-order valence-electron chi connectivity index (χ1n) is 7.02. The van der Waals surface area contributed by atoms with E-state index in [2.05, 4.69) is 11.1 Å². The summed E-state index contributed by atoms with van der Waals surface area (Å²) < 4.78 is 7.46. The SMILES string of the molecule is CC(Oc1ccc(-c2ccnc3c2ccn3C)cc1)C(N)=O. The van der Waals surface area contributed by atoms with Gasteiger partial charge in [0.05, 0.1) is 0 Å². The molecule has 2 N–H and O–H groups in total. The summed E-state index contributed by atoms with van der Waals surface area (Å²) in [5.41, 5.74) is 8.32. The molecule has 0 radical (unpaired) electrons. The molecule has 2 heterocycles. The number of hydrogen-bond donors (Lipinski definition) is 1. The van der Waals surface area contributed by atoms with Gasteiger partial charge in [-0.1, -0.05) is 12.1 Å². The smallest absolute Gasteiger partial charge is 0.258 e. The van der Waals surface area contributed by atoms with Crippen LogP contribution in [0.3, 0.4) is 0 Å². The van der Waals surface area contributed by atoms with Gasteiger partial charge in [-0.05, 0) is 42.3 Å². The van der Waals surface area contributed by atoms with Gasteiger partial charge in [-0.2, -0.15) is 0 Å². The first kappa shape index (κ1) is 14.1. The maximum absolute atomic E-state index is 11.0.